The third kappa shape index (κ3) is 4.86. The Kier molecular flexibility index (Phi) is 6.18. The maximum absolute atomic E-state index is 12.4. The number of aliphatic imine (C=N–C) groups is 1. The molecule has 1 aliphatic heterocycles. The van der Waals surface area contributed by atoms with Gasteiger partial charge in [0.1, 0.15) is 6.61 Å². The van der Waals surface area contributed by atoms with Crippen LogP contribution >= 0.6 is 15.9 Å². The van der Waals surface area contributed by atoms with Gasteiger partial charge in [0.25, 0.3) is 0 Å². The molecule has 0 bridgehead atoms. The van der Waals surface area contributed by atoms with Crippen LogP contribution in [0.2, 0.25) is 0 Å². The summed E-state index contributed by atoms with van der Waals surface area (Å²) in [5.74, 6) is 0.890. The van der Waals surface area contributed by atoms with Gasteiger partial charge in [0.15, 0.2) is 17.2 Å². The van der Waals surface area contributed by atoms with Crippen molar-refractivity contribution in [1.29, 1.82) is 0 Å². The van der Waals surface area contributed by atoms with E-state index in [1.165, 1.54) is 0 Å². The number of aryl methyl sites for hydroxylation is 1. The number of benzene rings is 3. The summed E-state index contributed by atoms with van der Waals surface area (Å²) in [5, 5.41) is 0. The van der Waals surface area contributed by atoms with E-state index in [9.17, 15) is 4.79 Å². The van der Waals surface area contributed by atoms with E-state index >= 15 is 0 Å². The van der Waals surface area contributed by atoms with Gasteiger partial charge in [-0.05, 0) is 48.9 Å². The lowest BCUT2D eigenvalue weighted by molar-refractivity contribution is -0.129. The van der Waals surface area contributed by atoms with Crippen molar-refractivity contribution in [1.82, 2.24) is 0 Å². The topological polar surface area (TPSA) is 57.1 Å². The first-order chi connectivity index (χ1) is 15.0. The minimum absolute atomic E-state index is 0.206. The molecule has 0 radical (unpaired) electrons. The second kappa shape index (κ2) is 9.18. The highest BCUT2D eigenvalue weighted by molar-refractivity contribution is 9.10. The molecule has 0 spiro atoms. The lowest BCUT2D eigenvalue weighted by Gasteiger charge is -2.13. The fraction of sp³-hybridized carbons (Fsp3) is 0.120. The van der Waals surface area contributed by atoms with Crippen molar-refractivity contribution >= 4 is 33.9 Å². The Morgan fingerprint density at radius 3 is 2.48 bits per heavy atom. The van der Waals surface area contributed by atoms with Crippen molar-refractivity contribution in [3.8, 4) is 11.5 Å². The number of methoxy groups -OCH3 is 1. The van der Waals surface area contributed by atoms with Crippen LogP contribution in [0.5, 0.6) is 11.5 Å². The number of halogens is 1. The van der Waals surface area contributed by atoms with Crippen LogP contribution in [-0.2, 0) is 16.1 Å². The Balaban J connectivity index is 1.64. The molecule has 5 nitrogen and oxygen atoms in total. The van der Waals surface area contributed by atoms with Gasteiger partial charge in [-0.15, -0.1) is 0 Å². The highest BCUT2D eigenvalue weighted by Crippen LogP contribution is 2.34. The van der Waals surface area contributed by atoms with Gasteiger partial charge in [0.05, 0.1) is 7.11 Å². The average molecular weight is 478 g/mol. The maximum Gasteiger partial charge on any atom is 0.363 e. The predicted octanol–water partition coefficient (Wildman–Crippen LogP) is 5.69. The van der Waals surface area contributed by atoms with Crippen LogP contribution in [0.15, 0.2) is 81.9 Å². The molecule has 0 unspecified atom stereocenters. The van der Waals surface area contributed by atoms with Gasteiger partial charge in [-0.25, -0.2) is 9.79 Å². The molecule has 0 saturated heterocycles. The zero-order valence-corrected chi connectivity index (χ0v) is 18.7. The van der Waals surface area contributed by atoms with Gasteiger partial charge in [0.2, 0.25) is 5.90 Å². The molecule has 0 aromatic heterocycles. The highest BCUT2D eigenvalue weighted by Gasteiger charge is 2.25. The van der Waals surface area contributed by atoms with E-state index in [0.29, 0.717) is 23.7 Å². The fourth-order valence-electron chi connectivity index (χ4n) is 3.07. The summed E-state index contributed by atoms with van der Waals surface area (Å²) in [4.78, 5) is 16.8. The van der Waals surface area contributed by atoms with Gasteiger partial charge in [-0.1, -0.05) is 57.9 Å². The summed E-state index contributed by atoms with van der Waals surface area (Å²) in [6.07, 6.45) is 1.66. The lowest BCUT2D eigenvalue weighted by Crippen LogP contribution is -2.05. The second-order valence-corrected chi connectivity index (χ2v) is 7.91. The predicted molar refractivity (Wildman–Crippen MR) is 123 cm³/mol. The zero-order valence-electron chi connectivity index (χ0n) is 17.1. The molecule has 3 aromatic carbocycles. The molecule has 1 aliphatic rings. The van der Waals surface area contributed by atoms with Crippen molar-refractivity contribution < 1.29 is 19.0 Å². The van der Waals surface area contributed by atoms with E-state index in [1.54, 1.807) is 13.2 Å². The molecule has 31 heavy (non-hydrogen) atoms. The molecular weight excluding hydrogens is 458 g/mol. The molecule has 0 atom stereocenters. The quantitative estimate of drug-likeness (QED) is 0.338. The summed E-state index contributed by atoms with van der Waals surface area (Å²) < 4.78 is 17.9. The maximum atomic E-state index is 12.4. The Bertz CT molecular complexity index is 1170. The number of esters is 1. The van der Waals surface area contributed by atoms with Crippen LogP contribution in [0.1, 0.15) is 22.3 Å². The Morgan fingerprint density at radius 1 is 1.03 bits per heavy atom. The number of carbonyl (C=O) groups is 1. The third-order valence-electron chi connectivity index (χ3n) is 4.74. The largest absolute Gasteiger partial charge is 0.493 e. The van der Waals surface area contributed by atoms with Crippen LogP contribution in [0, 0.1) is 6.92 Å². The van der Waals surface area contributed by atoms with Crippen LogP contribution in [-0.4, -0.2) is 19.0 Å². The minimum Gasteiger partial charge on any atom is -0.493 e. The summed E-state index contributed by atoms with van der Waals surface area (Å²) in [5.41, 5.74) is 3.76. The van der Waals surface area contributed by atoms with Gasteiger partial charge in [0, 0.05) is 15.6 Å². The standard InChI is InChI=1S/C25H20BrNO4/c1-16-6-10-18(11-7-16)24-27-21(25(28)31-24)14-19-4-3-5-22(29-2)23(19)30-15-17-8-12-20(26)13-9-17/h3-14H,15H2,1-2H3. The van der Waals surface area contributed by atoms with E-state index in [0.717, 1.165) is 21.2 Å². The van der Waals surface area contributed by atoms with Crippen molar-refractivity contribution in [2.24, 2.45) is 4.99 Å². The monoisotopic (exact) mass is 477 g/mol. The molecule has 0 aliphatic carbocycles. The van der Waals surface area contributed by atoms with E-state index in [2.05, 4.69) is 20.9 Å². The number of hydrogen-bond acceptors (Lipinski definition) is 5. The van der Waals surface area contributed by atoms with Gasteiger partial charge in [-0.2, -0.15) is 0 Å². The van der Waals surface area contributed by atoms with Crippen LogP contribution < -0.4 is 9.47 Å². The molecule has 6 heteroatoms. The summed E-state index contributed by atoms with van der Waals surface area (Å²) in [7, 11) is 1.58. The van der Waals surface area contributed by atoms with E-state index in [1.807, 2.05) is 73.7 Å². The highest BCUT2D eigenvalue weighted by atomic mass is 79.9. The fourth-order valence-corrected chi connectivity index (χ4v) is 3.34. The first-order valence-electron chi connectivity index (χ1n) is 9.67. The number of hydrogen-bond donors (Lipinski definition) is 0. The number of ether oxygens (including phenoxy) is 3. The first-order valence-corrected chi connectivity index (χ1v) is 10.5. The molecule has 1 heterocycles. The van der Waals surface area contributed by atoms with Gasteiger partial charge < -0.3 is 14.2 Å². The Morgan fingerprint density at radius 2 is 1.77 bits per heavy atom. The van der Waals surface area contributed by atoms with E-state index in [-0.39, 0.29) is 11.6 Å². The minimum atomic E-state index is -0.503. The second-order valence-electron chi connectivity index (χ2n) is 7.00. The molecule has 156 valence electrons. The van der Waals surface area contributed by atoms with Crippen LogP contribution in [0.25, 0.3) is 6.08 Å². The van der Waals surface area contributed by atoms with Crippen LogP contribution in [0.3, 0.4) is 0 Å². The van der Waals surface area contributed by atoms with Gasteiger partial charge >= 0.3 is 5.97 Å². The van der Waals surface area contributed by atoms with Crippen molar-refractivity contribution in [3.05, 3.63) is 99.2 Å². The smallest absolute Gasteiger partial charge is 0.363 e. The third-order valence-corrected chi connectivity index (χ3v) is 5.27. The molecule has 0 fully saturated rings. The molecule has 0 amide bonds. The molecular formula is C25H20BrNO4. The molecule has 3 aromatic rings. The summed E-state index contributed by atoms with van der Waals surface area (Å²) in [6.45, 7) is 2.35. The summed E-state index contributed by atoms with van der Waals surface area (Å²) in [6, 6.07) is 21.0. The number of rotatable bonds is 6. The number of cyclic esters (lactones) is 1. The van der Waals surface area contributed by atoms with Crippen molar-refractivity contribution in [2.75, 3.05) is 7.11 Å². The van der Waals surface area contributed by atoms with Crippen molar-refractivity contribution in [3.63, 3.8) is 0 Å². The average Bonchev–Trinajstić information content (AvgIpc) is 3.14. The first kappa shape index (κ1) is 20.9. The SMILES string of the molecule is COc1cccc(C=C2N=C(c3ccc(C)cc3)OC2=O)c1OCc1ccc(Br)cc1. The molecule has 0 saturated carbocycles. The Hall–Kier alpha value is -3.38. The number of nitrogens with zero attached hydrogens (tertiary/aromatic N) is 1. The molecule has 0 N–H and O–H groups in total. The normalized spacial score (nSPS) is 14.4. The van der Waals surface area contributed by atoms with E-state index < -0.39 is 5.97 Å². The van der Waals surface area contributed by atoms with Crippen LogP contribution in [0.4, 0.5) is 0 Å². The van der Waals surface area contributed by atoms with E-state index in [4.69, 9.17) is 14.2 Å². The van der Waals surface area contributed by atoms with Crippen molar-refractivity contribution in [2.45, 2.75) is 13.5 Å². The lowest BCUT2D eigenvalue weighted by atomic mass is 10.1. The van der Waals surface area contributed by atoms with Gasteiger partial charge in [-0.3, -0.25) is 0 Å². The number of carbonyl (C=O) groups excluding carboxylic acids is 1. The molecule has 4 rings (SSSR count). The Labute approximate surface area is 189 Å². The number of para-hydroxylation sites is 1. The zero-order chi connectivity index (χ0) is 21.8. The summed E-state index contributed by atoms with van der Waals surface area (Å²) >= 11 is 3.43.